The molecule has 7 nitrogen and oxygen atoms in total. The maximum atomic E-state index is 13.4. The van der Waals surface area contributed by atoms with Crippen molar-refractivity contribution in [3.05, 3.63) is 167 Å². The molecular formula is C38H30F3N3O4. The van der Waals surface area contributed by atoms with Gasteiger partial charge in [-0.3, -0.25) is 24.1 Å². The Kier molecular flexibility index (Phi) is 10.6. The average Bonchev–Trinajstić information content (AvgIpc) is 3.08. The number of anilines is 2. The molecule has 242 valence electrons. The predicted octanol–water partition coefficient (Wildman–Crippen LogP) is 7.25. The fraction of sp³-hybridized carbons (Fsp3) is 0.105. The van der Waals surface area contributed by atoms with E-state index >= 15 is 0 Å². The zero-order valence-corrected chi connectivity index (χ0v) is 25.5. The molecule has 5 aromatic rings. The Bertz CT molecular complexity index is 1800. The van der Waals surface area contributed by atoms with Gasteiger partial charge in [-0.05, 0) is 42.0 Å². The van der Waals surface area contributed by atoms with Crippen LogP contribution in [0.4, 0.5) is 24.5 Å². The second-order valence-corrected chi connectivity index (χ2v) is 10.9. The molecule has 48 heavy (non-hydrogen) atoms. The van der Waals surface area contributed by atoms with Crippen LogP contribution < -0.4 is 10.6 Å². The van der Waals surface area contributed by atoms with E-state index in [-0.39, 0.29) is 53.7 Å². The molecule has 0 saturated carbocycles. The summed E-state index contributed by atoms with van der Waals surface area (Å²) in [6.07, 6.45) is -4.52. The number of carbonyl (C=O) groups excluding carboxylic acids is 4. The van der Waals surface area contributed by atoms with Crippen LogP contribution in [0.5, 0.6) is 0 Å². The number of benzene rings is 5. The first-order valence-corrected chi connectivity index (χ1v) is 14.9. The monoisotopic (exact) mass is 649 g/mol. The third kappa shape index (κ3) is 8.68. The molecule has 0 fully saturated rings. The van der Waals surface area contributed by atoms with Crippen LogP contribution >= 0.6 is 0 Å². The quantitative estimate of drug-likeness (QED) is 0.139. The minimum Gasteiger partial charge on any atom is -0.324 e. The number of halogens is 3. The molecule has 2 N–H and O–H groups in total. The molecule has 0 radical (unpaired) electrons. The van der Waals surface area contributed by atoms with E-state index in [1.807, 2.05) is 0 Å². The third-order valence-electron chi connectivity index (χ3n) is 7.39. The van der Waals surface area contributed by atoms with E-state index in [0.29, 0.717) is 16.7 Å². The summed E-state index contributed by atoms with van der Waals surface area (Å²) in [5, 5.41) is 5.49. The number of alkyl halides is 3. The van der Waals surface area contributed by atoms with E-state index in [4.69, 9.17) is 0 Å². The number of amides is 2. The number of para-hydroxylation sites is 2. The van der Waals surface area contributed by atoms with E-state index < -0.39 is 23.6 Å². The molecule has 0 aliphatic carbocycles. The van der Waals surface area contributed by atoms with Gasteiger partial charge in [0.15, 0.2) is 11.6 Å². The number of carbonyl (C=O) groups is 4. The molecule has 0 heterocycles. The van der Waals surface area contributed by atoms with Gasteiger partial charge in [0.1, 0.15) is 0 Å². The summed E-state index contributed by atoms with van der Waals surface area (Å²) in [5.41, 5.74) is 1.55. The molecule has 0 bridgehead atoms. The van der Waals surface area contributed by atoms with Crippen molar-refractivity contribution in [1.29, 1.82) is 0 Å². The Morgan fingerprint density at radius 1 is 0.521 bits per heavy atom. The van der Waals surface area contributed by atoms with Gasteiger partial charge in [0.25, 0.3) is 0 Å². The van der Waals surface area contributed by atoms with Crippen LogP contribution in [0.2, 0.25) is 0 Å². The van der Waals surface area contributed by atoms with Gasteiger partial charge in [-0.1, -0.05) is 97.1 Å². The molecule has 0 spiro atoms. The van der Waals surface area contributed by atoms with Crippen molar-refractivity contribution in [3.63, 3.8) is 0 Å². The Labute approximate surface area is 275 Å². The summed E-state index contributed by atoms with van der Waals surface area (Å²) >= 11 is 0. The average molecular weight is 650 g/mol. The zero-order valence-electron chi connectivity index (χ0n) is 25.5. The van der Waals surface area contributed by atoms with Gasteiger partial charge in [0.2, 0.25) is 11.8 Å². The standard InChI is InChI=1S/C38H30F3N3O4/c39-38(40,41)29-21-19-26(20-22-29)23-44(24-34(45)42-32-17-9-7-15-30(32)36(47)27-11-3-1-4-12-27)25-35(46)43-33-18-10-8-16-31(33)37(48)28-13-5-2-6-14-28/h1-22H,23-25H2,(H,42,45)(H,43,46). The first kappa shape index (κ1) is 33.5. The number of nitrogens with zero attached hydrogens (tertiary/aromatic N) is 1. The second-order valence-electron chi connectivity index (χ2n) is 10.9. The topological polar surface area (TPSA) is 95.6 Å². The van der Waals surface area contributed by atoms with Gasteiger partial charge in [0.05, 0.1) is 30.0 Å². The maximum absolute atomic E-state index is 13.4. The molecule has 0 aliphatic rings. The van der Waals surface area contributed by atoms with Crippen molar-refractivity contribution in [2.75, 3.05) is 23.7 Å². The summed E-state index contributed by atoms with van der Waals surface area (Å²) < 4.78 is 39.5. The lowest BCUT2D eigenvalue weighted by Crippen LogP contribution is -2.38. The molecule has 5 aromatic carbocycles. The number of hydrogen-bond donors (Lipinski definition) is 2. The van der Waals surface area contributed by atoms with Gasteiger partial charge in [-0.15, -0.1) is 0 Å². The first-order chi connectivity index (χ1) is 23.1. The lowest BCUT2D eigenvalue weighted by Gasteiger charge is -2.22. The Balaban J connectivity index is 1.35. The van der Waals surface area contributed by atoms with Crippen molar-refractivity contribution in [3.8, 4) is 0 Å². The molecule has 0 aromatic heterocycles. The molecule has 0 saturated heterocycles. The van der Waals surface area contributed by atoms with Gasteiger partial charge in [-0.25, -0.2) is 0 Å². The Morgan fingerprint density at radius 3 is 1.33 bits per heavy atom. The highest BCUT2D eigenvalue weighted by atomic mass is 19.4. The van der Waals surface area contributed by atoms with Crippen LogP contribution in [0, 0.1) is 0 Å². The number of nitrogens with one attached hydrogen (secondary N) is 2. The van der Waals surface area contributed by atoms with E-state index in [0.717, 1.165) is 12.1 Å². The molecule has 0 unspecified atom stereocenters. The van der Waals surface area contributed by atoms with E-state index in [1.165, 1.54) is 17.0 Å². The van der Waals surface area contributed by atoms with Crippen LogP contribution in [0.15, 0.2) is 133 Å². The highest BCUT2D eigenvalue weighted by Crippen LogP contribution is 2.29. The molecule has 0 atom stereocenters. The third-order valence-corrected chi connectivity index (χ3v) is 7.39. The van der Waals surface area contributed by atoms with Crippen molar-refractivity contribution < 1.29 is 32.3 Å². The van der Waals surface area contributed by atoms with Crippen molar-refractivity contribution in [1.82, 2.24) is 4.90 Å². The lowest BCUT2D eigenvalue weighted by molar-refractivity contribution is -0.137. The largest absolute Gasteiger partial charge is 0.416 e. The highest BCUT2D eigenvalue weighted by molar-refractivity contribution is 6.14. The molecule has 2 amide bonds. The van der Waals surface area contributed by atoms with Crippen molar-refractivity contribution in [2.45, 2.75) is 12.7 Å². The SMILES string of the molecule is O=C(CN(CC(=O)Nc1ccccc1C(=O)c1ccccc1)Cc1ccc(C(F)(F)F)cc1)Nc1ccccc1C(=O)c1ccccc1. The van der Waals surface area contributed by atoms with Crippen LogP contribution in [-0.2, 0) is 22.3 Å². The fourth-order valence-corrected chi connectivity index (χ4v) is 5.08. The maximum Gasteiger partial charge on any atom is 0.416 e. The number of ketones is 2. The minimum atomic E-state index is -4.52. The van der Waals surface area contributed by atoms with Crippen molar-refractivity contribution >= 4 is 34.8 Å². The molecule has 5 rings (SSSR count). The molecule has 0 aliphatic heterocycles. The fourth-order valence-electron chi connectivity index (χ4n) is 5.08. The van der Waals surface area contributed by atoms with E-state index in [2.05, 4.69) is 10.6 Å². The normalized spacial score (nSPS) is 11.2. The Hall–Kier alpha value is -5.87. The van der Waals surface area contributed by atoms with Gasteiger partial charge in [-0.2, -0.15) is 13.2 Å². The summed E-state index contributed by atoms with van der Waals surface area (Å²) in [4.78, 5) is 54.5. The smallest absolute Gasteiger partial charge is 0.324 e. The van der Waals surface area contributed by atoms with E-state index in [9.17, 15) is 32.3 Å². The van der Waals surface area contributed by atoms with Gasteiger partial charge >= 0.3 is 6.18 Å². The molecular weight excluding hydrogens is 619 g/mol. The van der Waals surface area contributed by atoms with Crippen LogP contribution in [0.3, 0.4) is 0 Å². The van der Waals surface area contributed by atoms with Crippen LogP contribution in [0.1, 0.15) is 43.0 Å². The second kappa shape index (κ2) is 15.1. The summed E-state index contributed by atoms with van der Waals surface area (Å²) in [7, 11) is 0. The van der Waals surface area contributed by atoms with Gasteiger partial charge in [0, 0.05) is 28.8 Å². The van der Waals surface area contributed by atoms with Crippen LogP contribution in [0.25, 0.3) is 0 Å². The number of hydrogen-bond acceptors (Lipinski definition) is 5. The van der Waals surface area contributed by atoms with E-state index in [1.54, 1.807) is 109 Å². The summed E-state index contributed by atoms with van der Waals surface area (Å²) in [5.74, 6) is -1.70. The molecule has 10 heteroatoms. The zero-order chi connectivity index (χ0) is 34.1. The summed E-state index contributed by atoms with van der Waals surface area (Å²) in [6, 6.07) is 34.6. The summed E-state index contributed by atoms with van der Waals surface area (Å²) in [6.45, 7) is -0.728. The van der Waals surface area contributed by atoms with Crippen molar-refractivity contribution in [2.24, 2.45) is 0 Å². The van der Waals surface area contributed by atoms with Gasteiger partial charge < -0.3 is 10.6 Å². The minimum absolute atomic E-state index is 0.0475. The lowest BCUT2D eigenvalue weighted by atomic mass is 10.0. The highest BCUT2D eigenvalue weighted by Gasteiger charge is 2.30. The Morgan fingerprint density at radius 2 is 0.917 bits per heavy atom. The number of rotatable bonds is 12. The predicted molar refractivity (Wildman–Crippen MR) is 177 cm³/mol. The first-order valence-electron chi connectivity index (χ1n) is 14.9. The van der Waals surface area contributed by atoms with Crippen LogP contribution in [-0.4, -0.2) is 41.4 Å².